The van der Waals surface area contributed by atoms with Crippen molar-refractivity contribution >= 4 is 39.2 Å². The quantitative estimate of drug-likeness (QED) is 0.321. The number of nitrogens with zero attached hydrogens (tertiary/aromatic N) is 4. The Hall–Kier alpha value is -4.28. The zero-order valence-electron chi connectivity index (χ0n) is 16.6. The van der Waals surface area contributed by atoms with Gasteiger partial charge in [-0.1, -0.05) is 46.3 Å². The molecule has 1 aliphatic heterocycles. The van der Waals surface area contributed by atoms with Crippen molar-refractivity contribution in [1.29, 1.82) is 10.5 Å². The summed E-state index contributed by atoms with van der Waals surface area (Å²) in [6.45, 7) is 0.334. The number of halogens is 1. The molecule has 0 radical (unpaired) electrons. The summed E-state index contributed by atoms with van der Waals surface area (Å²) in [6, 6.07) is 16.5. The average molecular weight is 489 g/mol. The minimum atomic E-state index is -0.680. The number of hydrogen-bond donors (Lipinski definition) is 4. The van der Waals surface area contributed by atoms with Crippen LogP contribution in [0, 0.1) is 22.8 Å². The normalized spacial score (nSPS) is 14.2. The number of nitrogen functional groups attached to an aromatic ring is 2. The van der Waals surface area contributed by atoms with E-state index in [1.54, 1.807) is 0 Å². The van der Waals surface area contributed by atoms with Gasteiger partial charge in [0.05, 0.1) is 5.69 Å². The van der Waals surface area contributed by atoms with Gasteiger partial charge in [-0.2, -0.15) is 10.5 Å². The van der Waals surface area contributed by atoms with Crippen molar-refractivity contribution in [2.75, 3.05) is 16.8 Å². The molecule has 9 nitrogen and oxygen atoms in total. The van der Waals surface area contributed by atoms with E-state index in [4.69, 9.17) is 21.5 Å². The SMILES string of the molecule is N#CNC1=NC(c2ccccc2OCc2cccc(Br)c2)c2c(nc(N)c(C#N)c2N)N1. The van der Waals surface area contributed by atoms with Gasteiger partial charge in [0.15, 0.2) is 6.19 Å². The Morgan fingerprint density at radius 3 is 2.72 bits per heavy atom. The lowest BCUT2D eigenvalue weighted by atomic mass is 9.94. The number of ether oxygens (including phenoxy) is 1. The molecule has 10 heteroatoms. The number of guanidine groups is 1. The largest absolute Gasteiger partial charge is 0.489 e. The first-order chi connectivity index (χ1) is 15.5. The maximum Gasteiger partial charge on any atom is 0.211 e. The first-order valence-electron chi connectivity index (χ1n) is 9.46. The van der Waals surface area contributed by atoms with Crippen molar-refractivity contribution in [2.45, 2.75) is 12.6 Å². The number of para-hydroxylation sites is 1. The van der Waals surface area contributed by atoms with E-state index in [-0.39, 0.29) is 23.0 Å². The third kappa shape index (κ3) is 4.00. The molecule has 1 atom stereocenters. The topological polar surface area (TPSA) is 158 Å². The number of nitrogens with one attached hydrogen (secondary N) is 2. The van der Waals surface area contributed by atoms with Crippen LogP contribution < -0.4 is 26.8 Å². The Kier molecular flexibility index (Phi) is 5.79. The number of fused-ring (bicyclic) bond motifs is 1. The number of aliphatic imine (C=N–C) groups is 1. The molecule has 1 aliphatic rings. The molecule has 0 amide bonds. The standard InChI is InChI=1S/C22H17BrN8O/c23-13-5-3-4-12(8-13)10-32-16-7-2-1-6-14(16)19-17-18(26)15(9-24)20(27)30-21(17)31-22(29-19)28-11-25/h1-8,19H,10H2,(H6,26,27,28,29,30,31). The number of hydrogen-bond acceptors (Lipinski definition) is 9. The van der Waals surface area contributed by atoms with Gasteiger partial charge in [-0.05, 0) is 23.8 Å². The fourth-order valence-corrected chi connectivity index (χ4v) is 3.88. The van der Waals surface area contributed by atoms with Crippen molar-refractivity contribution in [3.05, 3.63) is 75.3 Å². The first kappa shape index (κ1) is 21.0. The van der Waals surface area contributed by atoms with Crippen LogP contribution in [0.2, 0.25) is 0 Å². The number of aromatic nitrogens is 1. The van der Waals surface area contributed by atoms with Gasteiger partial charge in [0.2, 0.25) is 5.96 Å². The average Bonchev–Trinajstić information content (AvgIpc) is 2.78. The number of nitrogens with two attached hydrogens (primary N) is 2. The Labute approximate surface area is 192 Å². The number of nitriles is 2. The molecule has 2 aromatic carbocycles. The Morgan fingerprint density at radius 1 is 1.16 bits per heavy atom. The van der Waals surface area contributed by atoms with Crippen molar-refractivity contribution in [2.24, 2.45) is 4.99 Å². The van der Waals surface area contributed by atoms with Crippen LogP contribution in [-0.4, -0.2) is 10.9 Å². The van der Waals surface area contributed by atoms with Crippen LogP contribution in [0.5, 0.6) is 5.75 Å². The molecule has 0 aliphatic carbocycles. The molecule has 0 fully saturated rings. The minimum Gasteiger partial charge on any atom is -0.489 e. The molecule has 0 saturated heterocycles. The fraction of sp³-hybridized carbons (Fsp3) is 0.0909. The van der Waals surface area contributed by atoms with E-state index < -0.39 is 6.04 Å². The molecule has 2 heterocycles. The molecule has 6 N–H and O–H groups in total. The summed E-state index contributed by atoms with van der Waals surface area (Å²) in [4.78, 5) is 8.87. The van der Waals surface area contributed by atoms with Gasteiger partial charge in [0.25, 0.3) is 0 Å². The van der Waals surface area contributed by atoms with Crippen LogP contribution in [-0.2, 0) is 6.61 Å². The van der Waals surface area contributed by atoms with Crippen LogP contribution in [0.4, 0.5) is 17.3 Å². The second-order valence-corrected chi connectivity index (χ2v) is 7.77. The minimum absolute atomic E-state index is 0.00704. The van der Waals surface area contributed by atoms with E-state index >= 15 is 0 Å². The van der Waals surface area contributed by atoms with Crippen molar-refractivity contribution in [3.8, 4) is 18.0 Å². The van der Waals surface area contributed by atoms with Crippen LogP contribution in [0.3, 0.4) is 0 Å². The third-order valence-corrected chi connectivity index (χ3v) is 5.35. The van der Waals surface area contributed by atoms with Crippen molar-refractivity contribution < 1.29 is 4.74 Å². The van der Waals surface area contributed by atoms with E-state index in [0.717, 1.165) is 10.0 Å². The number of rotatable bonds is 4. The van der Waals surface area contributed by atoms with Crippen LogP contribution in [0.25, 0.3) is 0 Å². The van der Waals surface area contributed by atoms with Crippen molar-refractivity contribution in [1.82, 2.24) is 10.3 Å². The highest BCUT2D eigenvalue weighted by atomic mass is 79.9. The van der Waals surface area contributed by atoms with Gasteiger partial charge in [-0.15, -0.1) is 0 Å². The summed E-state index contributed by atoms with van der Waals surface area (Å²) < 4.78 is 7.07. The van der Waals surface area contributed by atoms with Gasteiger partial charge in [0.1, 0.15) is 41.7 Å². The highest BCUT2D eigenvalue weighted by molar-refractivity contribution is 9.10. The Bertz CT molecular complexity index is 1310. The van der Waals surface area contributed by atoms with E-state index in [1.165, 1.54) is 0 Å². The first-order valence-corrected chi connectivity index (χ1v) is 10.3. The summed E-state index contributed by atoms with van der Waals surface area (Å²) in [6.07, 6.45) is 1.84. The summed E-state index contributed by atoms with van der Waals surface area (Å²) in [5, 5.41) is 24.0. The maximum absolute atomic E-state index is 9.49. The molecule has 0 saturated carbocycles. The summed E-state index contributed by atoms with van der Waals surface area (Å²) >= 11 is 3.46. The summed E-state index contributed by atoms with van der Waals surface area (Å²) in [5.41, 5.74) is 14.6. The van der Waals surface area contributed by atoms with Gasteiger partial charge in [-0.25, -0.2) is 9.98 Å². The molecule has 1 unspecified atom stereocenters. The van der Waals surface area contributed by atoms with Gasteiger partial charge < -0.3 is 21.5 Å². The number of benzene rings is 2. The smallest absolute Gasteiger partial charge is 0.211 e. The Morgan fingerprint density at radius 2 is 1.97 bits per heavy atom. The predicted molar refractivity (Wildman–Crippen MR) is 124 cm³/mol. The molecule has 0 spiro atoms. The van der Waals surface area contributed by atoms with Crippen LogP contribution in [0.15, 0.2) is 58.0 Å². The summed E-state index contributed by atoms with van der Waals surface area (Å²) in [7, 11) is 0. The zero-order chi connectivity index (χ0) is 22.7. The molecule has 4 rings (SSSR count). The van der Waals surface area contributed by atoms with E-state index in [1.807, 2.05) is 60.8 Å². The molecule has 3 aromatic rings. The van der Waals surface area contributed by atoms with Gasteiger partial charge >= 0.3 is 0 Å². The predicted octanol–water partition coefficient (Wildman–Crippen LogP) is 3.40. The number of pyridine rings is 1. The lowest BCUT2D eigenvalue weighted by Crippen LogP contribution is -2.32. The molecular formula is C22H17BrN8O. The lowest BCUT2D eigenvalue weighted by molar-refractivity contribution is 0.302. The molecule has 158 valence electrons. The Balaban J connectivity index is 1.79. The lowest BCUT2D eigenvalue weighted by Gasteiger charge is -2.27. The third-order valence-electron chi connectivity index (χ3n) is 4.85. The van der Waals surface area contributed by atoms with Crippen molar-refractivity contribution in [3.63, 3.8) is 0 Å². The van der Waals surface area contributed by atoms with E-state index in [9.17, 15) is 5.26 Å². The zero-order valence-corrected chi connectivity index (χ0v) is 18.2. The van der Waals surface area contributed by atoms with E-state index in [2.05, 4.69) is 36.5 Å². The highest BCUT2D eigenvalue weighted by Gasteiger charge is 2.31. The van der Waals surface area contributed by atoms with E-state index in [0.29, 0.717) is 29.3 Å². The second-order valence-electron chi connectivity index (χ2n) is 6.86. The second kappa shape index (κ2) is 8.84. The van der Waals surface area contributed by atoms with Gasteiger partial charge in [-0.3, -0.25) is 5.32 Å². The molecule has 0 bridgehead atoms. The molecular weight excluding hydrogens is 472 g/mol. The number of anilines is 3. The van der Waals surface area contributed by atoms with Gasteiger partial charge in [0, 0.05) is 15.6 Å². The fourth-order valence-electron chi connectivity index (χ4n) is 3.43. The maximum atomic E-state index is 9.49. The highest BCUT2D eigenvalue weighted by Crippen LogP contribution is 2.43. The van der Waals surface area contributed by atoms with Crippen LogP contribution in [0.1, 0.15) is 28.3 Å². The monoisotopic (exact) mass is 488 g/mol. The van der Waals surface area contributed by atoms with Crippen LogP contribution >= 0.6 is 15.9 Å². The molecule has 32 heavy (non-hydrogen) atoms. The summed E-state index contributed by atoms with van der Waals surface area (Å²) in [5.74, 6) is 1.08. The molecule has 1 aromatic heterocycles.